The zero-order valence-electron chi connectivity index (χ0n) is 9.25. The fourth-order valence-corrected chi connectivity index (χ4v) is 2.37. The van der Waals surface area contributed by atoms with Crippen LogP contribution in [0, 0.1) is 0 Å². The van der Waals surface area contributed by atoms with E-state index in [9.17, 15) is 0 Å². The first-order chi connectivity index (χ1) is 8.18. The molecule has 0 spiro atoms. The van der Waals surface area contributed by atoms with Crippen LogP contribution in [0.5, 0.6) is 0 Å². The standard InChI is InChI=1S/C11H12N4S2/c1-7(8-3-5-17-6-8)14-11-9(10(12)16)2-4-13-15-11/h2-7H,1H3,(H2,12,16)(H,14,15). The summed E-state index contributed by atoms with van der Waals surface area (Å²) in [6.45, 7) is 2.06. The zero-order valence-corrected chi connectivity index (χ0v) is 10.9. The van der Waals surface area contributed by atoms with E-state index in [0.717, 1.165) is 5.56 Å². The minimum absolute atomic E-state index is 0.144. The second-order valence-corrected chi connectivity index (χ2v) is 4.80. The Morgan fingerprint density at radius 3 is 3.00 bits per heavy atom. The van der Waals surface area contributed by atoms with E-state index in [1.165, 1.54) is 5.56 Å². The Hall–Kier alpha value is -1.53. The van der Waals surface area contributed by atoms with Gasteiger partial charge in [0.25, 0.3) is 0 Å². The molecule has 0 radical (unpaired) electrons. The van der Waals surface area contributed by atoms with Crippen LogP contribution in [-0.4, -0.2) is 15.2 Å². The number of hydrogen-bond donors (Lipinski definition) is 2. The maximum Gasteiger partial charge on any atom is 0.159 e. The van der Waals surface area contributed by atoms with E-state index >= 15 is 0 Å². The van der Waals surface area contributed by atoms with E-state index < -0.39 is 0 Å². The van der Waals surface area contributed by atoms with Gasteiger partial charge in [0.2, 0.25) is 0 Å². The molecule has 0 fully saturated rings. The number of nitrogens with two attached hydrogens (primary N) is 1. The summed E-state index contributed by atoms with van der Waals surface area (Å²) in [5.41, 5.74) is 7.56. The molecule has 1 unspecified atom stereocenters. The smallest absolute Gasteiger partial charge is 0.159 e. The van der Waals surface area contributed by atoms with Crippen LogP contribution in [0.15, 0.2) is 29.1 Å². The van der Waals surface area contributed by atoms with Gasteiger partial charge in [0.05, 0.1) is 17.8 Å². The van der Waals surface area contributed by atoms with Crippen molar-refractivity contribution >= 4 is 34.4 Å². The number of thiocarbonyl (C=S) groups is 1. The van der Waals surface area contributed by atoms with E-state index in [2.05, 4.69) is 33.9 Å². The highest BCUT2D eigenvalue weighted by Crippen LogP contribution is 2.21. The average molecular weight is 264 g/mol. The van der Waals surface area contributed by atoms with Gasteiger partial charge in [-0.15, -0.1) is 5.10 Å². The third kappa shape index (κ3) is 2.78. The Bertz CT molecular complexity index is 510. The van der Waals surface area contributed by atoms with Crippen molar-refractivity contribution < 1.29 is 0 Å². The monoisotopic (exact) mass is 264 g/mol. The largest absolute Gasteiger partial charge is 0.389 e. The summed E-state index contributed by atoms with van der Waals surface area (Å²) in [4.78, 5) is 0.319. The summed E-state index contributed by atoms with van der Waals surface area (Å²) in [5.74, 6) is 0.624. The Kier molecular flexibility index (Phi) is 3.65. The van der Waals surface area contributed by atoms with E-state index in [4.69, 9.17) is 18.0 Å². The fourth-order valence-electron chi connectivity index (χ4n) is 1.45. The van der Waals surface area contributed by atoms with E-state index in [1.807, 2.05) is 5.38 Å². The fraction of sp³-hybridized carbons (Fsp3) is 0.182. The average Bonchev–Trinajstić information content (AvgIpc) is 2.83. The van der Waals surface area contributed by atoms with Gasteiger partial charge in [-0.3, -0.25) is 0 Å². The summed E-state index contributed by atoms with van der Waals surface area (Å²) < 4.78 is 0. The third-order valence-corrected chi connectivity index (χ3v) is 3.30. The van der Waals surface area contributed by atoms with E-state index in [1.54, 1.807) is 23.6 Å². The van der Waals surface area contributed by atoms with Crippen molar-refractivity contribution in [1.29, 1.82) is 0 Å². The highest BCUT2D eigenvalue weighted by Gasteiger charge is 2.11. The molecule has 2 aromatic rings. The van der Waals surface area contributed by atoms with Crippen LogP contribution in [0.25, 0.3) is 0 Å². The van der Waals surface area contributed by atoms with Gasteiger partial charge in [-0.05, 0) is 35.4 Å². The molecule has 4 nitrogen and oxygen atoms in total. The number of anilines is 1. The number of nitrogens with zero attached hydrogens (tertiary/aromatic N) is 2. The molecule has 0 aliphatic rings. The van der Waals surface area contributed by atoms with Crippen LogP contribution < -0.4 is 11.1 Å². The van der Waals surface area contributed by atoms with Gasteiger partial charge in [-0.2, -0.15) is 16.4 Å². The van der Waals surface area contributed by atoms with Crippen LogP contribution in [0.3, 0.4) is 0 Å². The summed E-state index contributed by atoms with van der Waals surface area (Å²) in [7, 11) is 0. The summed E-state index contributed by atoms with van der Waals surface area (Å²) in [5, 5.41) is 15.3. The van der Waals surface area contributed by atoms with Crippen LogP contribution in [0.1, 0.15) is 24.1 Å². The molecule has 1 atom stereocenters. The van der Waals surface area contributed by atoms with Crippen molar-refractivity contribution in [2.45, 2.75) is 13.0 Å². The number of rotatable bonds is 4. The predicted octanol–water partition coefficient (Wildman–Crippen LogP) is 2.35. The predicted molar refractivity (Wildman–Crippen MR) is 74.3 cm³/mol. The SMILES string of the molecule is CC(Nc1nnccc1C(N)=S)c1ccsc1. The number of hydrogen-bond acceptors (Lipinski definition) is 5. The first kappa shape index (κ1) is 11.9. The van der Waals surface area contributed by atoms with Crippen molar-refractivity contribution in [2.24, 2.45) is 5.73 Å². The molecule has 0 bridgehead atoms. The molecule has 17 heavy (non-hydrogen) atoms. The zero-order chi connectivity index (χ0) is 12.3. The topological polar surface area (TPSA) is 63.8 Å². The molecular formula is C11H12N4S2. The molecule has 2 heterocycles. The number of nitrogens with one attached hydrogen (secondary N) is 1. The molecule has 0 aliphatic heterocycles. The molecule has 2 rings (SSSR count). The molecule has 0 amide bonds. The van der Waals surface area contributed by atoms with Gasteiger partial charge in [0.15, 0.2) is 5.82 Å². The summed E-state index contributed by atoms with van der Waals surface area (Å²) in [6.07, 6.45) is 1.58. The Labute approximate surface area is 109 Å². The van der Waals surface area contributed by atoms with Crippen molar-refractivity contribution in [3.8, 4) is 0 Å². The summed E-state index contributed by atoms with van der Waals surface area (Å²) in [6, 6.07) is 3.97. The van der Waals surface area contributed by atoms with Crippen LogP contribution in [0.4, 0.5) is 5.82 Å². The third-order valence-electron chi connectivity index (χ3n) is 2.38. The normalized spacial score (nSPS) is 12.1. The van der Waals surface area contributed by atoms with Crippen molar-refractivity contribution in [2.75, 3.05) is 5.32 Å². The van der Waals surface area contributed by atoms with E-state index in [-0.39, 0.29) is 6.04 Å². The highest BCUT2D eigenvalue weighted by atomic mass is 32.1. The minimum Gasteiger partial charge on any atom is -0.389 e. The first-order valence-corrected chi connectivity index (χ1v) is 6.43. The molecule has 0 aliphatic carbocycles. The molecule has 0 aromatic carbocycles. The second kappa shape index (κ2) is 5.20. The van der Waals surface area contributed by atoms with Gasteiger partial charge in [0, 0.05) is 0 Å². The molecule has 0 saturated heterocycles. The lowest BCUT2D eigenvalue weighted by molar-refractivity contribution is 0.864. The number of aromatic nitrogens is 2. The molecule has 6 heteroatoms. The van der Waals surface area contributed by atoms with Crippen molar-refractivity contribution in [3.63, 3.8) is 0 Å². The maximum absolute atomic E-state index is 5.63. The Balaban J connectivity index is 2.21. The first-order valence-electron chi connectivity index (χ1n) is 5.08. The Morgan fingerprint density at radius 2 is 2.35 bits per heavy atom. The van der Waals surface area contributed by atoms with E-state index in [0.29, 0.717) is 10.8 Å². The quantitative estimate of drug-likeness (QED) is 0.830. The second-order valence-electron chi connectivity index (χ2n) is 3.58. The Morgan fingerprint density at radius 1 is 1.53 bits per heavy atom. The lowest BCUT2D eigenvalue weighted by Crippen LogP contribution is -2.16. The minimum atomic E-state index is 0.144. The number of thiophene rings is 1. The molecule has 88 valence electrons. The van der Waals surface area contributed by atoms with Crippen molar-refractivity contribution in [3.05, 3.63) is 40.2 Å². The van der Waals surface area contributed by atoms with Crippen LogP contribution in [0.2, 0.25) is 0 Å². The van der Waals surface area contributed by atoms with Gasteiger partial charge in [0.1, 0.15) is 4.99 Å². The summed E-state index contributed by atoms with van der Waals surface area (Å²) >= 11 is 6.64. The van der Waals surface area contributed by atoms with Gasteiger partial charge in [-0.25, -0.2) is 0 Å². The highest BCUT2D eigenvalue weighted by molar-refractivity contribution is 7.80. The van der Waals surface area contributed by atoms with Gasteiger partial charge >= 0.3 is 0 Å². The molecular weight excluding hydrogens is 252 g/mol. The van der Waals surface area contributed by atoms with Crippen LogP contribution >= 0.6 is 23.6 Å². The lowest BCUT2D eigenvalue weighted by atomic mass is 10.1. The lowest BCUT2D eigenvalue weighted by Gasteiger charge is -2.14. The molecule has 0 saturated carbocycles. The van der Waals surface area contributed by atoms with Gasteiger partial charge in [-0.1, -0.05) is 12.2 Å². The molecule has 3 N–H and O–H groups in total. The molecule has 2 aromatic heterocycles. The van der Waals surface area contributed by atoms with Crippen LogP contribution in [-0.2, 0) is 0 Å². The van der Waals surface area contributed by atoms with Gasteiger partial charge < -0.3 is 11.1 Å². The maximum atomic E-state index is 5.63. The van der Waals surface area contributed by atoms with Crippen molar-refractivity contribution in [1.82, 2.24) is 10.2 Å².